The van der Waals surface area contributed by atoms with Crippen LogP contribution in [0.2, 0.25) is 0 Å². The summed E-state index contributed by atoms with van der Waals surface area (Å²) in [7, 11) is 0. The Hall–Kier alpha value is -1.39. The maximum absolute atomic E-state index is 12.1. The number of para-hydroxylation sites is 1. The van der Waals surface area contributed by atoms with Gasteiger partial charge in [0.1, 0.15) is 0 Å². The number of anilines is 1. The summed E-state index contributed by atoms with van der Waals surface area (Å²) in [5.74, 6) is 0.0477. The Bertz CT molecular complexity index is 438. The molecule has 1 aromatic carbocycles. The standard InChI is InChI=1S/C15H23N3O/c1-11-5-3-6-12(2)15(11)17-14(19)10-18-8-4-7-13(16)9-18/h3,5-6,13H,4,7-10,16H2,1-2H3,(H,17,19)/t13-/m1/s1. The summed E-state index contributed by atoms with van der Waals surface area (Å²) in [5.41, 5.74) is 9.07. The van der Waals surface area contributed by atoms with Crippen molar-refractivity contribution in [3.05, 3.63) is 29.3 Å². The molecule has 1 aromatic rings. The Morgan fingerprint density at radius 3 is 2.74 bits per heavy atom. The van der Waals surface area contributed by atoms with Crippen LogP contribution in [0.5, 0.6) is 0 Å². The van der Waals surface area contributed by atoms with Crippen LogP contribution < -0.4 is 11.1 Å². The van der Waals surface area contributed by atoms with Gasteiger partial charge >= 0.3 is 0 Å². The molecular formula is C15H23N3O. The quantitative estimate of drug-likeness (QED) is 0.870. The molecule has 3 N–H and O–H groups in total. The van der Waals surface area contributed by atoms with E-state index in [1.165, 1.54) is 0 Å². The number of hydrogen-bond donors (Lipinski definition) is 2. The van der Waals surface area contributed by atoms with Crippen molar-refractivity contribution in [2.45, 2.75) is 32.7 Å². The summed E-state index contributed by atoms with van der Waals surface area (Å²) in [6.45, 7) is 6.24. The molecule has 0 spiro atoms. The minimum atomic E-state index is 0.0477. The molecule has 104 valence electrons. The van der Waals surface area contributed by atoms with Crippen molar-refractivity contribution >= 4 is 11.6 Å². The first kappa shape index (κ1) is 14.0. The first-order valence-electron chi connectivity index (χ1n) is 6.90. The number of nitrogens with two attached hydrogens (primary N) is 1. The highest BCUT2D eigenvalue weighted by molar-refractivity contribution is 5.93. The number of likely N-dealkylation sites (tertiary alicyclic amines) is 1. The number of rotatable bonds is 3. The van der Waals surface area contributed by atoms with Crippen LogP contribution in [0.15, 0.2) is 18.2 Å². The Balaban J connectivity index is 1.94. The molecule has 4 heteroatoms. The van der Waals surface area contributed by atoms with Crippen molar-refractivity contribution < 1.29 is 4.79 Å². The van der Waals surface area contributed by atoms with Gasteiger partial charge < -0.3 is 11.1 Å². The maximum atomic E-state index is 12.1. The van der Waals surface area contributed by atoms with E-state index in [2.05, 4.69) is 10.2 Å². The van der Waals surface area contributed by atoms with Crippen molar-refractivity contribution in [1.82, 2.24) is 4.90 Å². The lowest BCUT2D eigenvalue weighted by molar-refractivity contribution is -0.117. The molecule has 2 rings (SSSR count). The van der Waals surface area contributed by atoms with Crippen LogP contribution in [0.4, 0.5) is 5.69 Å². The van der Waals surface area contributed by atoms with Gasteiger partial charge in [-0.2, -0.15) is 0 Å². The van der Waals surface area contributed by atoms with E-state index >= 15 is 0 Å². The van der Waals surface area contributed by atoms with Crippen LogP contribution in [0.3, 0.4) is 0 Å². The van der Waals surface area contributed by atoms with E-state index in [1.807, 2.05) is 32.0 Å². The topological polar surface area (TPSA) is 58.4 Å². The third-order valence-corrected chi connectivity index (χ3v) is 3.65. The average Bonchev–Trinajstić information content (AvgIpc) is 2.34. The van der Waals surface area contributed by atoms with Crippen molar-refractivity contribution in [2.75, 3.05) is 25.0 Å². The minimum Gasteiger partial charge on any atom is -0.327 e. The average molecular weight is 261 g/mol. The van der Waals surface area contributed by atoms with Crippen LogP contribution in [-0.4, -0.2) is 36.5 Å². The molecule has 1 saturated heterocycles. The molecule has 0 unspecified atom stereocenters. The second-order valence-electron chi connectivity index (χ2n) is 5.45. The predicted octanol–water partition coefficient (Wildman–Crippen LogP) is 1.67. The van der Waals surface area contributed by atoms with Crippen LogP contribution in [0.1, 0.15) is 24.0 Å². The van der Waals surface area contributed by atoms with Crippen LogP contribution in [0, 0.1) is 13.8 Å². The third kappa shape index (κ3) is 3.78. The lowest BCUT2D eigenvalue weighted by atomic mass is 10.1. The van der Waals surface area contributed by atoms with Gasteiger partial charge in [0, 0.05) is 18.3 Å². The number of carbonyl (C=O) groups is 1. The van der Waals surface area contributed by atoms with Gasteiger partial charge in [-0.3, -0.25) is 9.69 Å². The van der Waals surface area contributed by atoms with E-state index in [-0.39, 0.29) is 11.9 Å². The van der Waals surface area contributed by atoms with E-state index in [0.29, 0.717) is 6.54 Å². The summed E-state index contributed by atoms with van der Waals surface area (Å²) in [6.07, 6.45) is 2.15. The molecule has 0 saturated carbocycles. The lowest BCUT2D eigenvalue weighted by Gasteiger charge is -2.30. The van der Waals surface area contributed by atoms with Crippen LogP contribution in [-0.2, 0) is 4.79 Å². The lowest BCUT2D eigenvalue weighted by Crippen LogP contribution is -2.45. The van der Waals surface area contributed by atoms with E-state index in [9.17, 15) is 4.79 Å². The maximum Gasteiger partial charge on any atom is 0.238 e. The first-order chi connectivity index (χ1) is 9.06. The largest absolute Gasteiger partial charge is 0.327 e. The Morgan fingerprint density at radius 1 is 1.42 bits per heavy atom. The molecule has 1 heterocycles. The van der Waals surface area contributed by atoms with Crippen LogP contribution in [0.25, 0.3) is 0 Å². The number of carbonyl (C=O) groups excluding carboxylic acids is 1. The highest BCUT2D eigenvalue weighted by Gasteiger charge is 2.19. The fourth-order valence-corrected chi connectivity index (χ4v) is 2.63. The fourth-order valence-electron chi connectivity index (χ4n) is 2.63. The predicted molar refractivity (Wildman–Crippen MR) is 78.2 cm³/mol. The summed E-state index contributed by atoms with van der Waals surface area (Å²) < 4.78 is 0. The molecule has 1 atom stereocenters. The van der Waals surface area contributed by atoms with Gasteiger partial charge in [0.25, 0.3) is 0 Å². The van der Waals surface area contributed by atoms with Crippen LogP contribution >= 0.6 is 0 Å². The number of nitrogens with zero attached hydrogens (tertiary/aromatic N) is 1. The Morgan fingerprint density at radius 2 is 2.11 bits per heavy atom. The molecule has 1 fully saturated rings. The summed E-state index contributed by atoms with van der Waals surface area (Å²) in [4.78, 5) is 14.2. The molecule has 1 amide bonds. The highest BCUT2D eigenvalue weighted by atomic mass is 16.2. The third-order valence-electron chi connectivity index (χ3n) is 3.65. The van der Waals surface area contributed by atoms with E-state index in [4.69, 9.17) is 5.73 Å². The first-order valence-corrected chi connectivity index (χ1v) is 6.90. The number of nitrogens with one attached hydrogen (secondary N) is 1. The Kier molecular flexibility index (Phi) is 4.56. The summed E-state index contributed by atoms with van der Waals surface area (Å²) in [5, 5.41) is 3.02. The Labute approximate surface area is 115 Å². The fraction of sp³-hybridized carbons (Fsp3) is 0.533. The van der Waals surface area contributed by atoms with Gasteiger partial charge in [0.15, 0.2) is 0 Å². The SMILES string of the molecule is Cc1cccc(C)c1NC(=O)CN1CCC[C@@H](N)C1. The molecule has 19 heavy (non-hydrogen) atoms. The van der Waals surface area contributed by atoms with E-state index in [1.54, 1.807) is 0 Å². The normalized spacial score (nSPS) is 20.3. The van der Waals surface area contributed by atoms with Crippen molar-refractivity contribution in [3.63, 3.8) is 0 Å². The van der Waals surface area contributed by atoms with Crippen molar-refractivity contribution in [2.24, 2.45) is 5.73 Å². The number of piperidine rings is 1. The van der Waals surface area contributed by atoms with Gasteiger partial charge in [-0.05, 0) is 44.4 Å². The smallest absolute Gasteiger partial charge is 0.238 e. The molecule has 0 radical (unpaired) electrons. The molecule has 1 aliphatic rings. The van der Waals surface area contributed by atoms with Gasteiger partial charge in [-0.25, -0.2) is 0 Å². The monoisotopic (exact) mass is 261 g/mol. The summed E-state index contributed by atoms with van der Waals surface area (Å²) in [6, 6.07) is 6.24. The molecule has 1 aliphatic heterocycles. The molecule has 0 bridgehead atoms. The second kappa shape index (κ2) is 6.17. The zero-order valence-corrected chi connectivity index (χ0v) is 11.8. The number of benzene rings is 1. The molecular weight excluding hydrogens is 238 g/mol. The number of hydrogen-bond acceptors (Lipinski definition) is 3. The van der Waals surface area contributed by atoms with Crippen molar-refractivity contribution in [3.8, 4) is 0 Å². The number of amides is 1. The highest BCUT2D eigenvalue weighted by Crippen LogP contribution is 2.19. The van der Waals surface area contributed by atoms with Gasteiger partial charge in [0.05, 0.1) is 6.54 Å². The summed E-state index contributed by atoms with van der Waals surface area (Å²) >= 11 is 0. The van der Waals surface area contributed by atoms with Gasteiger partial charge in [-0.15, -0.1) is 0 Å². The van der Waals surface area contributed by atoms with Gasteiger partial charge in [-0.1, -0.05) is 18.2 Å². The molecule has 0 aromatic heterocycles. The van der Waals surface area contributed by atoms with Crippen molar-refractivity contribution in [1.29, 1.82) is 0 Å². The zero-order valence-electron chi connectivity index (χ0n) is 11.8. The minimum absolute atomic E-state index is 0.0477. The molecule has 0 aliphatic carbocycles. The second-order valence-corrected chi connectivity index (χ2v) is 5.45. The molecule has 4 nitrogen and oxygen atoms in total. The van der Waals surface area contributed by atoms with E-state index < -0.39 is 0 Å². The van der Waals surface area contributed by atoms with E-state index in [0.717, 1.165) is 42.7 Å². The zero-order chi connectivity index (χ0) is 13.8. The number of aryl methyl sites for hydroxylation is 2. The van der Waals surface area contributed by atoms with Gasteiger partial charge in [0.2, 0.25) is 5.91 Å².